The van der Waals surface area contributed by atoms with Crippen LogP contribution in [0.25, 0.3) is 11.3 Å². The maximum atomic E-state index is 11.6. The van der Waals surface area contributed by atoms with Crippen LogP contribution in [0.5, 0.6) is 0 Å². The summed E-state index contributed by atoms with van der Waals surface area (Å²) in [6.07, 6.45) is 0.848. The van der Waals surface area contributed by atoms with Crippen LogP contribution in [0.2, 0.25) is 0 Å². The molecule has 2 rings (SSSR count). The van der Waals surface area contributed by atoms with Crippen molar-refractivity contribution in [1.82, 2.24) is 15.2 Å². The third kappa shape index (κ3) is 5.20. The molecule has 23 heavy (non-hydrogen) atoms. The quantitative estimate of drug-likeness (QED) is 0.610. The molecule has 9 heteroatoms. The van der Waals surface area contributed by atoms with Gasteiger partial charge in [-0.3, -0.25) is 10.1 Å². The number of hydrogen-bond donors (Lipinski definition) is 2. The number of rotatable bonds is 5. The monoisotopic (exact) mass is 376 g/mol. The average molecular weight is 378 g/mol. The zero-order valence-corrected chi connectivity index (χ0v) is 14.5. The second kappa shape index (κ2) is 7.77. The summed E-state index contributed by atoms with van der Waals surface area (Å²) in [5, 5.41) is 4.27. The Morgan fingerprint density at radius 2 is 2.00 bits per heavy atom. The Hall–Kier alpha value is -1.63. The molecule has 124 valence electrons. The van der Waals surface area contributed by atoms with Crippen molar-refractivity contribution in [1.29, 1.82) is 0 Å². The van der Waals surface area contributed by atoms with Gasteiger partial charge in [0.2, 0.25) is 3.79 Å². The number of carbonyl (C=O) groups is 1. The highest BCUT2D eigenvalue weighted by atomic mass is 35.6. The average Bonchev–Trinajstić information content (AvgIpc) is 2.94. The first-order valence-electron chi connectivity index (χ1n) is 6.77. The Balaban J connectivity index is 2.06. The molecule has 2 N–H and O–H groups in total. The van der Waals surface area contributed by atoms with Crippen LogP contribution in [-0.4, -0.2) is 26.3 Å². The Morgan fingerprint density at radius 3 is 2.61 bits per heavy atom. The summed E-state index contributed by atoms with van der Waals surface area (Å²) in [4.78, 5) is 11.6. The van der Waals surface area contributed by atoms with Crippen LogP contribution in [0.4, 0.5) is 10.5 Å². The molecule has 0 aliphatic carbocycles. The van der Waals surface area contributed by atoms with Crippen molar-refractivity contribution >= 4 is 46.6 Å². The topological polar surface area (TPSA) is 68.2 Å². The second-order valence-electron chi connectivity index (χ2n) is 4.53. The highest BCUT2D eigenvalue weighted by molar-refractivity contribution is 6.67. The smallest absolute Gasteiger partial charge is 0.426 e. The van der Waals surface area contributed by atoms with Gasteiger partial charge < -0.3 is 4.74 Å². The number of carbonyl (C=O) groups excluding carboxylic acids is 1. The third-order valence-electron chi connectivity index (χ3n) is 2.85. The van der Waals surface area contributed by atoms with Crippen LogP contribution in [0, 0.1) is 0 Å². The number of nitrogens with one attached hydrogen (secondary N) is 2. The molecule has 0 radical (unpaired) electrons. The Morgan fingerprint density at radius 1 is 1.30 bits per heavy atom. The maximum Gasteiger partial charge on any atom is 0.426 e. The van der Waals surface area contributed by atoms with Gasteiger partial charge in [-0.15, -0.1) is 0 Å². The Kier molecular flexibility index (Phi) is 5.98. The lowest BCUT2D eigenvalue weighted by Gasteiger charge is -2.13. The van der Waals surface area contributed by atoms with Crippen molar-refractivity contribution in [2.75, 3.05) is 12.0 Å². The second-order valence-corrected chi connectivity index (χ2v) is 7.05. The number of alkyl halides is 3. The van der Waals surface area contributed by atoms with E-state index in [1.807, 2.05) is 41.9 Å². The molecule has 0 atom stereocenters. The molecule has 0 fully saturated rings. The van der Waals surface area contributed by atoms with E-state index in [2.05, 4.69) is 16.0 Å². The number of hydrogen-bond acceptors (Lipinski definition) is 4. The lowest BCUT2D eigenvalue weighted by atomic mass is 10.1. The van der Waals surface area contributed by atoms with Gasteiger partial charge in [0.25, 0.3) is 0 Å². The fourth-order valence-electron chi connectivity index (χ4n) is 1.92. The number of hydrazine groups is 1. The van der Waals surface area contributed by atoms with E-state index >= 15 is 0 Å². The predicted molar refractivity (Wildman–Crippen MR) is 91.7 cm³/mol. The summed E-state index contributed by atoms with van der Waals surface area (Å²) in [6, 6.07) is 9.68. The summed E-state index contributed by atoms with van der Waals surface area (Å²) >= 11 is 16.5. The number of nitrogens with zero attached hydrogens (tertiary/aromatic N) is 2. The van der Waals surface area contributed by atoms with Crippen LogP contribution in [-0.2, 0) is 11.3 Å². The zero-order chi connectivity index (χ0) is 16.9. The van der Waals surface area contributed by atoms with Gasteiger partial charge in [-0.25, -0.2) is 10.2 Å². The standard InChI is InChI=1S/C14H15Cl3N4O2/c1-2-21-12(10-6-4-3-5-7-10)11(8-18-21)19-20-13(22)23-9-14(15,16)17/h3-8,19H,2,9H2,1H3,(H,20,22). The predicted octanol–water partition coefficient (Wildman–Crippen LogP) is 3.99. The van der Waals surface area contributed by atoms with Crippen LogP contribution >= 0.6 is 34.8 Å². The van der Waals surface area contributed by atoms with Crippen molar-refractivity contribution in [2.45, 2.75) is 17.3 Å². The minimum atomic E-state index is -1.65. The normalized spacial score (nSPS) is 11.1. The van der Waals surface area contributed by atoms with Gasteiger partial charge in [-0.1, -0.05) is 65.1 Å². The molecule has 0 aliphatic rings. The first-order valence-corrected chi connectivity index (χ1v) is 7.91. The fourth-order valence-corrected chi connectivity index (χ4v) is 2.08. The third-order valence-corrected chi connectivity index (χ3v) is 3.18. The molecule has 0 unspecified atom stereocenters. The van der Waals surface area contributed by atoms with Crippen LogP contribution < -0.4 is 10.9 Å². The molecule has 1 aromatic carbocycles. The minimum Gasteiger partial charge on any atom is -0.444 e. The molecule has 0 saturated heterocycles. The van der Waals surface area contributed by atoms with E-state index in [9.17, 15) is 4.79 Å². The summed E-state index contributed by atoms with van der Waals surface area (Å²) < 4.78 is 4.93. The van der Waals surface area contributed by atoms with Crippen molar-refractivity contribution in [3.63, 3.8) is 0 Å². The summed E-state index contributed by atoms with van der Waals surface area (Å²) in [7, 11) is 0. The van der Waals surface area contributed by atoms with Gasteiger partial charge in [0.15, 0.2) is 0 Å². The van der Waals surface area contributed by atoms with Gasteiger partial charge in [0, 0.05) is 12.1 Å². The Bertz CT molecular complexity index is 656. The first-order chi connectivity index (χ1) is 10.9. The number of ether oxygens (including phenoxy) is 1. The molecular formula is C14H15Cl3N4O2. The largest absolute Gasteiger partial charge is 0.444 e. The van der Waals surface area contributed by atoms with E-state index in [1.54, 1.807) is 6.20 Å². The van der Waals surface area contributed by atoms with E-state index in [0.29, 0.717) is 12.2 Å². The SMILES string of the molecule is CCn1ncc(NNC(=O)OCC(Cl)(Cl)Cl)c1-c1ccccc1. The molecule has 1 amide bonds. The highest BCUT2D eigenvalue weighted by Crippen LogP contribution is 2.28. The van der Waals surface area contributed by atoms with Gasteiger partial charge in [-0.2, -0.15) is 5.10 Å². The zero-order valence-electron chi connectivity index (χ0n) is 12.2. The van der Waals surface area contributed by atoms with Gasteiger partial charge in [-0.05, 0) is 6.92 Å². The van der Waals surface area contributed by atoms with Gasteiger partial charge in [0.05, 0.1) is 11.9 Å². The fraction of sp³-hybridized carbons (Fsp3) is 0.286. The molecule has 1 aromatic heterocycles. The lowest BCUT2D eigenvalue weighted by molar-refractivity contribution is 0.150. The number of benzene rings is 1. The maximum absolute atomic E-state index is 11.6. The number of amides is 1. The highest BCUT2D eigenvalue weighted by Gasteiger charge is 2.22. The number of halogens is 3. The van der Waals surface area contributed by atoms with Crippen LogP contribution in [0.3, 0.4) is 0 Å². The van der Waals surface area contributed by atoms with Crippen molar-refractivity contribution in [3.8, 4) is 11.3 Å². The van der Waals surface area contributed by atoms with Gasteiger partial charge in [0.1, 0.15) is 12.3 Å². The number of anilines is 1. The van der Waals surface area contributed by atoms with E-state index in [1.165, 1.54) is 0 Å². The summed E-state index contributed by atoms with van der Waals surface area (Å²) in [5.74, 6) is 0. The van der Waals surface area contributed by atoms with Crippen molar-refractivity contribution in [2.24, 2.45) is 0 Å². The van der Waals surface area contributed by atoms with E-state index < -0.39 is 9.89 Å². The number of aryl methyl sites for hydroxylation is 1. The number of aromatic nitrogens is 2. The van der Waals surface area contributed by atoms with E-state index in [-0.39, 0.29) is 6.61 Å². The molecule has 1 heterocycles. The molecule has 6 nitrogen and oxygen atoms in total. The Labute approximate surface area is 148 Å². The molecule has 0 spiro atoms. The molecule has 2 aromatic rings. The van der Waals surface area contributed by atoms with Crippen molar-refractivity contribution < 1.29 is 9.53 Å². The van der Waals surface area contributed by atoms with E-state index in [0.717, 1.165) is 11.3 Å². The van der Waals surface area contributed by atoms with E-state index in [4.69, 9.17) is 39.5 Å². The lowest BCUT2D eigenvalue weighted by Crippen LogP contribution is -2.32. The molecule has 0 aliphatic heterocycles. The van der Waals surface area contributed by atoms with Crippen LogP contribution in [0.1, 0.15) is 6.92 Å². The molecular weight excluding hydrogens is 363 g/mol. The van der Waals surface area contributed by atoms with Crippen molar-refractivity contribution in [3.05, 3.63) is 36.5 Å². The molecule has 0 saturated carbocycles. The molecule has 0 bridgehead atoms. The summed E-state index contributed by atoms with van der Waals surface area (Å²) in [6.45, 7) is 2.31. The first kappa shape index (κ1) is 17.7. The van der Waals surface area contributed by atoms with Gasteiger partial charge >= 0.3 is 6.09 Å². The van der Waals surface area contributed by atoms with Crippen LogP contribution in [0.15, 0.2) is 36.5 Å². The summed E-state index contributed by atoms with van der Waals surface area (Å²) in [5.41, 5.74) is 7.58. The minimum absolute atomic E-state index is 0.356.